The smallest absolute Gasteiger partial charge is 0.0342 e. The van der Waals surface area contributed by atoms with E-state index < -0.39 is 0 Å². The molecule has 0 spiro atoms. The number of likely N-dealkylation sites (N-methyl/N-ethyl adjacent to an activating group) is 1. The molecule has 0 unspecified atom stereocenters. The summed E-state index contributed by atoms with van der Waals surface area (Å²) in [5.41, 5.74) is 7.59. The van der Waals surface area contributed by atoms with E-state index in [2.05, 4.69) is 24.5 Å². The van der Waals surface area contributed by atoms with Crippen LogP contribution in [0.1, 0.15) is 13.8 Å². The molecule has 0 fully saturated rings. The zero-order valence-electron chi connectivity index (χ0n) is 9.09. The maximum absolute atomic E-state index is 5.59. The van der Waals surface area contributed by atoms with E-state index in [0.717, 1.165) is 17.9 Å². The number of hydrogen-bond acceptors (Lipinski definition) is 3. The van der Waals surface area contributed by atoms with Gasteiger partial charge < -0.3 is 16.4 Å². The molecule has 0 aromatic heterocycles. The van der Waals surface area contributed by atoms with Gasteiger partial charge in [0.25, 0.3) is 0 Å². The lowest BCUT2D eigenvalue weighted by molar-refractivity contribution is 0.448. The van der Waals surface area contributed by atoms with Crippen LogP contribution in [0.2, 0.25) is 0 Å². The van der Waals surface area contributed by atoms with Gasteiger partial charge in [-0.3, -0.25) is 0 Å². The summed E-state index contributed by atoms with van der Waals surface area (Å²) in [7, 11) is 1.96. The maximum Gasteiger partial charge on any atom is 0.0342 e. The zero-order valence-corrected chi connectivity index (χ0v) is 9.09. The van der Waals surface area contributed by atoms with Crippen LogP contribution in [0.5, 0.6) is 0 Å². The highest BCUT2D eigenvalue weighted by Gasteiger charge is 2.13. The summed E-state index contributed by atoms with van der Waals surface area (Å²) >= 11 is 0. The molecular formula is C11H19N3. The van der Waals surface area contributed by atoms with Gasteiger partial charge in [0.2, 0.25) is 0 Å². The number of anilines is 2. The number of hydrogen-bond donors (Lipinski definition) is 3. The molecule has 0 saturated carbocycles. The van der Waals surface area contributed by atoms with Crippen LogP contribution < -0.4 is 16.4 Å². The van der Waals surface area contributed by atoms with Crippen LogP contribution >= 0.6 is 0 Å². The fourth-order valence-corrected chi connectivity index (χ4v) is 1.01. The van der Waals surface area contributed by atoms with Crippen molar-refractivity contribution >= 4 is 11.4 Å². The molecule has 0 aliphatic carbocycles. The number of nitrogens with two attached hydrogens (primary N) is 1. The van der Waals surface area contributed by atoms with Gasteiger partial charge in [0.1, 0.15) is 0 Å². The quantitative estimate of drug-likeness (QED) is 0.638. The number of nitrogen functional groups attached to an aromatic ring is 1. The Bertz CT molecular complexity index is 277. The van der Waals surface area contributed by atoms with Crippen molar-refractivity contribution < 1.29 is 0 Å². The van der Waals surface area contributed by atoms with Crippen LogP contribution in [0.4, 0.5) is 11.4 Å². The Morgan fingerprint density at radius 2 is 1.79 bits per heavy atom. The first-order valence-electron chi connectivity index (χ1n) is 4.82. The van der Waals surface area contributed by atoms with Gasteiger partial charge in [0.15, 0.2) is 0 Å². The van der Waals surface area contributed by atoms with Crippen LogP contribution in [0.15, 0.2) is 24.3 Å². The minimum atomic E-state index is 0.0986. The topological polar surface area (TPSA) is 50.1 Å². The van der Waals surface area contributed by atoms with Crippen molar-refractivity contribution in [1.29, 1.82) is 0 Å². The third-order valence-corrected chi connectivity index (χ3v) is 2.32. The van der Waals surface area contributed by atoms with Crippen molar-refractivity contribution in [3.63, 3.8) is 0 Å². The highest BCUT2D eigenvalue weighted by Crippen LogP contribution is 2.11. The van der Waals surface area contributed by atoms with Gasteiger partial charge in [0, 0.05) is 23.5 Å². The van der Waals surface area contributed by atoms with Crippen LogP contribution in [0, 0.1) is 0 Å². The fourth-order valence-electron chi connectivity index (χ4n) is 1.01. The number of benzene rings is 1. The molecule has 78 valence electrons. The zero-order chi connectivity index (χ0) is 10.6. The summed E-state index contributed by atoms with van der Waals surface area (Å²) in [6, 6.07) is 7.77. The molecule has 0 atom stereocenters. The molecule has 3 nitrogen and oxygen atoms in total. The van der Waals surface area contributed by atoms with E-state index in [-0.39, 0.29) is 5.54 Å². The summed E-state index contributed by atoms with van der Waals surface area (Å²) in [5.74, 6) is 0. The Hall–Kier alpha value is -1.22. The van der Waals surface area contributed by atoms with E-state index in [9.17, 15) is 0 Å². The first-order chi connectivity index (χ1) is 6.53. The molecule has 0 amide bonds. The molecule has 3 heteroatoms. The van der Waals surface area contributed by atoms with E-state index in [1.54, 1.807) is 0 Å². The van der Waals surface area contributed by atoms with Crippen molar-refractivity contribution in [2.45, 2.75) is 19.4 Å². The van der Waals surface area contributed by atoms with E-state index >= 15 is 0 Å². The Kier molecular flexibility index (Phi) is 3.36. The van der Waals surface area contributed by atoms with Gasteiger partial charge in [-0.25, -0.2) is 0 Å². The summed E-state index contributed by atoms with van der Waals surface area (Å²) in [5, 5.41) is 6.58. The average Bonchev–Trinajstić information content (AvgIpc) is 2.17. The molecule has 0 heterocycles. The highest BCUT2D eigenvalue weighted by atomic mass is 15.0. The minimum absolute atomic E-state index is 0.0986. The van der Waals surface area contributed by atoms with Gasteiger partial charge >= 0.3 is 0 Å². The average molecular weight is 193 g/mol. The predicted octanol–water partition coefficient (Wildman–Crippen LogP) is 1.68. The molecule has 0 radical (unpaired) electrons. The lowest BCUT2D eigenvalue weighted by atomic mass is 10.1. The lowest BCUT2D eigenvalue weighted by Gasteiger charge is -2.24. The first-order valence-corrected chi connectivity index (χ1v) is 4.82. The molecule has 0 saturated heterocycles. The molecule has 1 aromatic rings. The summed E-state index contributed by atoms with van der Waals surface area (Å²) in [6.45, 7) is 5.18. The second-order valence-corrected chi connectivity index (χ2v) is 4.11. The van der Waals surface area contributed by atoms with E-state index in [0.29, 0.717) is 0 Å². The predicted molar refractivity (Wildman–Crippen MR) is 62.5 cm³/mol. The Balaban J connectivity index is 2.50. The molecule has 14 heavy (non-hydrogen) atoms. The standard InChI is InChI=1S/C11H19N3/c1-11(2,13-3)8-14-10-6-4-9(12)5-7-10/h4-7,13-14H,8,12H2,1-3H3. The molecule has 0 aliphatic rings. The van der Waals surface area contributed by atoms with Crippen molar-refractivity contribution in [2.75, 3.05) is 24.6 Å². The van der Waals surface area contributed by atoms with Gasteiger partial charge in [-0.05, 0) is 45.2 Å². The Labute approximate surface area is 85.7 Å². The van der Waals surface area contributed by atoms with Crippen LogP contribution in [-0.2, 0) is 0 Å². The second kappa shape index (κ2) is 4.33. The molecule has 1 rings (SSSR count). The Morgan fingerprint density at radius 3 is 2.29 bits per heavy atom. The minimum Gasteiger partial charge on any atom is -0.399 e. The van der Waals surface area contributed by atoms with Gasteiger partial charge in [-0.2, -0.15) is 0 Å². The van der Waals surface area contributed by atoms with Crippen LogP contribution in [0.3, 0.4) is 0 Å². The van der Waals surface area contributed by atoms with E-state index in [1.807, 2.05) is 31.3 Å². The first kappa shape index (κ1) is 10.9. The van der Waals surface area contributed by atoms with E-state index in [1.165, 1.54) is 0 Å². The third-order valence-electron chi connectivity index (χ3n) is 2.32. The van der Waals surface area contributed by atoms with Crippen LogP contribution in [0.25, 0.3) is 0 Å². The van der Waals surface area contributed by atoms with Crippen molar-refractivity contribution in [3.05, 3.63) is 24.3 Å². The van der Waals surface area contributed by atoms with E-state index in [4.69, 9.17) is 5.73 Å². The SMILES string of the molecule is CNC(C)(C)CNc1ccc(N)cc1. The van der Waals surface area contributed by atoms with Gasteiger partial charge in [-0.15, -0.1) is 0 Å². The van der Waals surface area contributed by atoms with Gasteiger partial charge in [0.05, 0.1) is 0 Å². The lowest BCUT2D eigenvalue weighted by Crippen LogP contribution is -2.42. The Morgan fingerprint density at radius 1 is 1.21 bits per heavy atom. The summed E-state index contributed by atoms with van der Waals surface area (Å²) in [6.07, 6.45) is 0. The fraction of sp³-hybridized carbons (Fsp3) is 0.455. The van der Waals surface area contributed by atoms with Crippen molar-refractivity contribution in [3.8, 4) is 0 Å². The van der Waals surface area contributed by atoms with Crippen LogP contribution in [-0.4, -0.2) is 19.1 Å². The molecule has 0 aliphatic heterocycles. The molecule has 1 aromatic carbocycles. The largest absolute Gasteiger partial charge is 0.399 e. The number of nitrogens with one attached hydrogen (secondary N) is 2. The number of rotatable bonds is 4. The third kappa shape index (κ3) is 3.26. The molecular weight excluding hydrogens is 174 g/mol. The highest BCUT2D eigenvalue weighted by molar-refractivity contribution is 5.51. The molecule has 0 bridgehead atoms. The summed E-state index contributed by atoms with van der Waals surface area (Å²) in [4.78, 5) is 0. The normalized spacial score (nSPS) is 11.4. The monoisotopic (exact) mass is 193 g/mol. The van der Waals surface area contributed by atoms with Gasteiger partial charge in [-0.1, -0.05) is 0 Å². The second-order valence-electron chi connectivity index (χ2n) is 4.11. The van der Waals surface area contributed by atoms with Crippen molar-refractivity contribution in [2.24, 2.45) is 0 Å². The maximum atomic E-state index is 5.59. The van der Waals surface area contributed by atoms with Crippen molar-refractivity contribution in [1.82, 2.24) is 5.32 Å². The molecule has 4 N–H and O–H groups in total. The summed E-state index contributed by atoms with van der Waals surface area (Å²) < 4.78 is 0.